The Morgan fingerprint density at radius 3 is 2.69 bits per heavy atom. The van der Waals surface area contributed by atoms with Gasteiger partial charge in [0.05, 0.1) is 36.4 Å². The average Bonchev–Trinajstić information content (AvgIpc) is 3.20. The molecule has 1 atom stereocenters. The van der Waals surface area contributed by atoms with E-state index in [9.17, 15) is 4.39 Å². The number of rotatable bonds is 5. The maximum Gasteiger partial charge on any atom is 0.224 e. The summed E-state index contributed by atoms with van der Waals surface area (Å²) in [5, 5.41) is 11.9. The zero-order valence-electron chi connectivity index (χ0n) is 15.7. The molecule has 0 aliphatic carbocycles. The van der Waals surface area contributed by atoms with E-state index in [0.29, 0.717) is 42.1 Å². The molecule has 0 amide bonds. The van der Waals surface area contributed by atoms with E-state index in [2.05, 4.69) is 31.3 Å². The maximum atomic E-state index is 13.4. The molecule has 1 saturated heterocycles. The van der Waals surface area contributed by atoms with Crippen LogP contribution in [0.25, 0.3) is 22.6 Å². The molecule has 0 radical (unpaired) electrons. The van der Waals surface area contributed by atoms with Gasteiger partial charge in [-0.1, -0.05) is 0 Å². The third kappa shape index (κ3) is 4.23. The monoisotopic (exact) mass is 394 g/mol. The van der Waals surface area contributed by atoms with Crippen LogP contribution in [-0.2, 0) is 9.47 Å². The SMILES string of the molecule is CC(C#N)Nc1nccc(-c2[nH]c(C3OCCCO3)nc2-c2ccc(F)cc2)n1. The van der Waals surface area contributed by atoms with Gasteiger partial charge in [-0.3, -0.25) is 0 Å². The van der Waals surface area contributed by atoms with Crippen LogP contribution in [0.3, 0.4) is 0 Å². The molecular formula is C20H19FN6O2. The van der Waals surface area contributed by atoms with Crippen LogP contribution in [0.2, 0.25) is 0 Å². The first-order chi connectivity index (χ1) is 14.1. The van der Waals surface area contributed by atoms with Crippen molar-refractivity contribution in [2.45, 2.75) is 25.7 Å². The number of aromatic amines is 1. The molecule has 1 aliphatic heterocycles. The minimum atomic E-state index is -0.602. The lowest BCUT2D eigenvalue weighted by molar-refractivity contribution is -0.186. The Morgan fingerprint density at radius 2 is 1.97 bits per heavy atom. The van der Waals surface area contributed by atoms with Gasteiger partial charge in [0, 0.05) is 11.8 Å². The van der Waals surface area contributed by atoms with E-state index >= 15 is 0 Å². The molecule has 29 heavy (non-hydrogen) atoms. The second kappa shape index (κ2) is 8.34. The number of halogens is 1. The smallest absolute Gasteiger partial charge is 0.224 e. The fourth-order valence-corrected chi connectivity index (χ4v) is 2.94. The second-order valence-corrected chi connectivity index (χ2v) is 6.54. The number of imidazole rings is 1. The van der Waals surface area contributed by atoms with Crippen molar-refractivity contribution in [3.05, 3.63) is 48.2 Å². The zero-order valence-corrected chi connectivity index (χ0v) is 15.7. The van der Waals surface area contributed by atoms with Crippen molar-refractivity contribution in [1.82, 2.24) is 19.9 Å². The average molecular weight is 394 g/mol. The topological polar surface area (TPSA) is 109 Å². The van der Waals surface area contributed by atoms with Crippen molar-refractivity contribution >= 4 is 5.95 Å². The van der Waals surface area contributed by atoms with Gasteiger partial charge in [0.15, 0.2) is 5.82 Å². The first kappa shape index (κ1) is 19.0. The number of benzene rings is 1. The Morgan fingerprint density at radius 1 is 1.21 bits per heavy atom. The van der Waals surface area contributed by atoms with Gasteiger partial charge in [0.25, 0.3) is 0 Å². The van der Waals surface area contributed by atoms with Crippen LogP contribution < -0.4 is 5.32 Å². The minimum absolute atomic E-state index is 0.322. The third-order valence-corrected chi connectivity index (χ3v) is 4.34. The van der Waals surface area contributed by atoms with Crippen LogP contribution in [-0.4, -0.2) is 39.2 Å². The number of nitrogens with one attached hydrogen (secondary N) is 2. The lowest BCUT2D eigenvalue weighted by Gasteiger charge is -2.21. The molecule has 0 bridgehead atoms. The van der Waals surface area contributed by atoms with Gasteiger partial charge in [-0.25, -0.2) is 19.3 Å². The Bertz CT molecular complexity index is 1020. The zero-order chi connectivity index (χ0) is 20.2. The fourth-order valence-electron chi connectivity index (χ4n) is 2.94. The minimum Gasteiger partial charge on any atom is -0.346 e. The van der Waals surface area contributed by atoms with Crippen molar-refractivity contribution < 1.29 is 13.9 Å². The van der Waals surface area contributed by atoms with E-state index in [4.69, 9.17) is 14.7 Å². The third-order valence-electron chi connectivity index (χ3n) is 4.34. The lowest BCUT2D eigenvalue weighted by Crippen LogP contribution is -2.18. The van der Waals surface area contributed by atoms with Gasteiger partial charge in [-0.2, -0.15) is 5.26 Å². The summed E-state index contributed by atoms with van der Waals surface area (Å²) in [6, 6.07) is 9.43. The quantitative estimate of drug-likeness (QED) is 0.682. The summed E-state index contributed by atoms with van der Waals surface area (Å²) < 4.78 is 24.7. The number of H-pyrrole nitrogens is 1. The summed E-state index contributed by atoms with van der Waals surface area (Å²) in [6.07, 6.45) is 1.82. The first-order valence-electron chi connectivity index (χ1n) is 9.22. The van der Waals surface area contributed by atoms with Crippen LogP contribution >= 0.6 is 0 Å². The van der Waals surface area contributed by atoms with Crippen molar-refractivity contribution in [3.63, 3.8) is 0 Å². The summed E-state index contributed by atoms with van der Waals surface area (Å²) in [5.74, 6) is 0.504. The molecular weight excluding hydrogens is 375 g/mol. The second-order valence-electron chi connectivity index (χ2n) is 6.54. The van der Waals surface area contributed by atoms with Crippen molar-refractivity contribution in [2.75, 3.05) is 18.5 Å². The Kier molecular flexibility index (Phi) is 5.46. The van der Waals surface area contributed by atoms with Crippen molar-refractivity contribution in [3.8, 4) is 28.7 Å². The molecule has 1 aliphatic rings. The summed E-state index contributed by atoms with van der Waals surface area (Å²) in [4.78, 5) is 16.5. The lowest BCUT2D eigenvalue weighted by atomic mass is 10.1. The molecule has 2 aromatic heterocycles. The molecule has 0 spiro atoms. The molecule has 2 N–H and O–H groups in total. The predicted octanol–water partition coefficient (Wildman–Crippen LogP) is 3.43. The van der Waals surface area contributed by atoms with Gasteiger partial charge >= 0.3 is 0 Å². The number of aromatic nitrogens is 4. The molecule has 1 aromatic carbocycles. The number of nitrogens with zero attached hydrogens (tertiary/aromatic N) is 4. The number of ether oxygens (including phenoxy) is 2. The highest BCUT2D eigenvalue weighted by Crippen LogP contribution is 2.32. The molecule has 3 aromatic rings. The summed E-state index contributed by atoms with van der Waals surface area (Å²) in [5.41, 5.74) is 2.51. The summed E-state index contributed by atoms with van der Waals surface area (Å²) in [6.45, 7) is 2.88. The number of hydrogen-bond donors (Lipinski definition) is 2. The number of anilines is 1. The van der Waals surface area contributed by atoms with E-state index in [1.54, 1.807) is 31.3 Å². The highest BCUT2D eigenvalue weighted by molar-refractivity contribution is 5.77. The molecule has 3 heterocycles. The van der Waals surface area contributed by atoms with Gasteiger partial charge < -0.3 is 19.8 Å². The Hall–Kier alpha value is -3.35. The molecule has 8 nitrogen and oxygen atoms in total. The van der Waals surface area contributed by atoms with E-state index < -0.39 is 12.3 Å². The maximum absolute atomic E-state index is 13.4. The van der Waals surface area contributed by atoms with E-state index in [-0.39, 0.29) is 5.82 Å². The fraction of sp³-hybridized carbons (Fsp3) is 0.300. The summed E-state index contributed by atoms with van der Waals surface area (Å²) in [7, 11) is 0. The van der Waals surface area contributed by atoms with E-state index in [1.165, 1.54) is 12.1 Å². The highest BCUT2D eigenvalue weighted by atomic mass is 19.1. The van der Waals surface area contributed by atoms with E-state index in [1.807, 2.05) is 0 Å². The normalized spacial score (nSPS) is 15.6. The van der Waals surface area contributed by atoms with Crippen molar-refractivity contribution in [1.29, 1.82) is 5.26 Å². The van der Waals surface area contributed by atoms with Crippen molar-refractivity contribution in [2.24, 2.45) is 0 Å². The number of hydrogen-bond acceptors (Lipinski definition) is 7. The van der Waals surface area contributed by atoms with Gasteiger partial charge in [0.1, 0.15) is 11.9 Å². The van der Waals surface area contributed by atoms with Crippen LogP contribution in [0, 0.1) is 17.1 Å². The van der Waals surface area contributed by atoms with Crippen LogP contribution in [0.5, 0.6) is 0 Å². The standard InChI is InChI=1S/C20H19FN6O2/c1-12(11-22)24-20-23-8-7-15(25-20)17-16(13-3-5-14(21)6-4-13)26-18(27-17)19-28-9-2-10-29-19/h3-8,12,19H,2,9-10H2,1H3,(H,26,27)(H,23,24,25). The molecule has 0 saturated carbocycles. The van der Waals surface area contributed by atoms with Crippen LogP contribution in [0.4, 0.5) is 10.3 Å². The largest absolute Gasteiger partial charge is 0.346 e. The Balaban J connectivity index is 1.76. The molecule has 148 valence electrons. The molecule has 1 fully saturated rings. The molecule has 1 unspecified atom stereocenters. The first-order valence-corrected chi connectivity index (χ1v) is 9.22. The molecule has 9 heteroatoms. The van der Waals surface area contributed by atoms with Gasteiger partial charge in [-0.05, 0) is 43.7 Å². The van der Waals surface area contributed by atoms with Crippen LogP contribution in [0.15, 0.2) is 36.5 Å². The summed E-state index contributed by atoms with van der Waals surface area (Å²) >= 11 is 0. The Labute approximate surface area is 166 Å². The molecule has 4 rings (SSSR count). The van der Waals surface area contributed by atoms with Gasteiger partial charge in [-0.15, -0.1) is 0 Å². The predicted molar refractivity (Wildman–Crippen MR) is 103 cm³/mol. The highest BCUT2D eigenvalue weighted by Gasteiger charge is 2.24. The number of nitriles is 1. The van der Waals surface area contributed by atoms with Crippen LogP contribution in [0.1, 0.15) is 25.5 Å². The van der Waals surface area contributed by atoms with Gasteiger partial charge in [0.2, 0.25) is 12.2 Å². The van der Waals surface area contributed by atoms with E-state index in [0.717, 1.165) is 12.0 Å².